The summed E-state index contributed by atoms with van der Waals surface area (Å²) in [4.78, 5) is 2.68. The Kier molecular flexibility index (Phi) is 7.66. The zero-order valence-electron chi connectivity index (χ0n) is 15.2. The number of hydrogen-bond donors (Lipinski definition) is 1. The third-order valence-corrected chi connectivity index (χ3v) is 7.21. The average Bonchev–Trinajstić information content (AvgIpc) is 2.61. The standard InChI is InChI=1S/C21H32BrClN2/c22-21-8-5-19(23)15-18(21)14-17-9-12-25(13-10-17)11-1-2-16-3-6-20(24)7-4-16/h5,8,15-17,20H,1-4,6-7,9-14,24H2/t16-,20+. The molecule has 2 nitrogen and oxygen atoms in total. The highest BCUT2D eigenvalue weighted by Crippen LogP contribution is 2.29. The Morgan fingerprint density at radius 3 is 2.48 bits per heavy atom. The van der Waals surface area contributed by atoms with E-state index in [9.17, 15) is 0 Å². The zero-order valence-corrected chi connectivity index (χ0v) is 17.6. The van der Waals surface area contributed by atoms with Crippen LogP contribution in [0.3, 0.4) is 0 Å². The molecule has 2 aliphatic rings. The van der Waals surface area contributed by atoms with E-state index in [-0.39, 0.29) is 0 Å². The van der Waals surface area contributed by atoms with Gasteiger partial charge in [0.25, 0.3) is 0 Å². The SMILES string of the molecule is N[C@H]1CC[C@@H](CCCN2CCC(Cc3cc(Cl)ccc3Br)CC2)CC1. The fourth-order valence-electron chi connectivity index (χ4n) is 4.51. The van der Waals surface area contributed by atoms with Crippen LogP contribution in [0.25, 0.3) is 0 Å². The molecule has 1 aliphatic carbocycles. The molecule has 2 fully saturated rings. The Balaban J connectivity index is 1.34. The molecule has 0 radical (unpaired) electrons. The zero-order chi connectivity index (χ0) is 17.6. The lowest BCUT2D eigenvalue weighted by atomic mass is 9.83. The van der Waals surface area contributed by atoms with E-state index < -0.39 is 0 Å². The first-order chi connectivity index (χ1) is 12.1. The number of benzene rings is 1. The van der Waals surface area contributed by atoms with Crippen LogP contribution >= 0.6 is 27.5 Å². The van der Waals surface area contributed by atoms with Gasteiger partial charge < -0.3 is 10.6 Å². The van der Waals surface area contributed by atoms with Crippen LogP contribution in [-0.2, 0) is 6.42 Å². The summed E-state index contributed by atoms with van der Waals surface area (Å²) in [6.45, 7) is 3.81. The number of piperidine rings is 1. The normalized spacial score (nSPS) is 26.0. The van der Waals surface area contributed by atoms with E-state index in [1.807, 2.05) is 6.07 Å². The van der Waals surface area contributed by atoms with Crippen molar-refractivity contribution in [2.45, 2.75) is 63.8 Å². The summed E-state index contributed by atoms with van der Waals surface area (Å²) in [7, 11) is 0. The number of rotatable bonds is 6. The first-order valence-corrected chi connectivity index (χ1v) is 11.2. The smallest absolute Gasteiger partial charge is 0.0409 e. The summed E-state index contributed by atoms with van der Waals surface area (Å²) < 4.78 is 1.20. The van der Waals surface area contributed by atoms with Crippen LogP contribution in [0, 0.1) is 11.8 Å². The molecule has 1 saturated carbocycles. The molecule has 0 bridgehead atoms. The molecular weight excluding hydrogens is 396 g/mol. The van der Waals surface area contributed by atoms with Crippen LogP contribution in [0.4, 0.5) is 0 Å². The van der Waals surface area contributed by atoms with E-state index in [1.165, 1.54) is 81.0 Å². The van der Waals surface area contributed by atoms with Crippen LogP contribution in [0.2, 0.25) is 5.02 Å². The van der Waals surface area contributed by atoms with Crippen molar-refractivity contribution in [3.05, 3.63) is 33.3 Å². The predicted molar refractivity (Wildman–Crippen MR) is 111 cm³/mol. The van der Waals surface area contributed by atoms with Gasteiger partial charge in [-0.1, -0.05) is 27.5 Å². The third kappa shape index (κ3) is 6.23. The summed E-state index contributed by atoms with van der Waals surface area (Å²) in [6, 6.07) is 6.63. The van der Waals surface area contributed by atoms with E-state index in [4.69, 9.17) is 17.3 Å². The first kappa shape index (κ1) is 19.7. The molecule has 1 saturated heterocycles. The summed E-state index contributed by atoms with van der Waals surface area (Å²) in [5.74, 6) is 1.74. The summed E-state index contributed by atoms with van der Waals surface area (Å²) in [5, 5.41) is 0.847. The topological polar surface area (TPSA) is 29.3 Å². The molecule has 0 spiro atoms. The molecule has 3 rings (SSSR count). The van der Waals surface area contributed by atoms with Crippen LogP contribution in [-0.4, -0.2) is 30.6 Å². The van der Waals surface area contributed by atoms with Gasteiger partial charge in [0.05, 0.1) is 0 Å². The molecule has 4 heteroatoms. The van der Waals surface area contributed by atoms with E-state index >= 15 is 0 Å². The largest absolute Gasteiger partial charge is 0.328 e. The van der Waals surface area contributed by atoms with Gasteiger partial charge in [-0.05, 0) is 113 Å². The Bertz CT molecular complexity index is 535. The van der Waals surface area contributed by atoms with Gasteiger partial charge in [0.2, 0.25) is 0 Å². The minimum Gasteiger partial charge on any atom is -0.328 e. The van der Waals surface area contributed by atoms with Gasteiger partial charge in [0.1, 0.15) is 0 Å². The monoisotopic (exact) mass is 426 g/mol. The number of likely N-dealkylation sites (tertiary alicyclic amines) is 1. The minimum absolute atomic E-state index is 0.481. The van der Waals surface area contributed by atoms with Crippen LogP contribution in [0.5, 0.6) is 0 Å². The molecule has 0 amide bonds. The molecule has 140 valence electrons. The molecule has 1 aromatic rings. The van der Waals surface area contributed by atoms with Crippen LogP contribution in [0.15, 0.2) is 22.7 Å². The highest BCUT2D eigenvalue weighted by molar-refractivity contribution is 9.10. The van der Waals surface area contributed by atoms with E-state index in [2.05, 4.69) is 33.0 Å². The predicted octanol–water partition coefficient (Wildman–Crippen LogP) is 5.65. The maximum atomic E-state index is 6.15. The second-order valence-electron chi connectivity index (χ2n) is 8.15. The number of hydrogen-bond acceptors (Lipinski definition) is 2. The fraction of sp³-hybridized carbons (Fsp3) is 0.714. The van der Waals surface area contributed by atoms with Crippen LogP contribution < -0.4 is 5.73 Å². The minimum atomic E-state index is 0.481. The summed E-state index contributed by atoms with van der Waals surface area (Å²) in [5.41, 5.74) is 7.37. The van der Waals surface area contributed by atoms with Gasteiger partial charge in [-0.25, -0.2) is 0 Å². The van der Waals surface area contributed by atoms with Crippen molar-refractivity contribution in [2.75, 3.05) is 19.6 Å². The maximum Gasteiger partial charge on any atom is 0.0409 e. The molecule has 1 heterocycles. The molecule has 1 aliphatic heterocycles. The molecule has 2 N–H and O–H groups in total. The Morgan fingerprint density at radius 2 is 1.76 bits per heavy atom. The van der Waals surface area contributed by atoms with Crippen molar-refractivity contribution in [3.63, 3.8) is 0 Å². The number of halogens is 2. The lowest BCUT2D eigenvalue weighted by molar-refractivity contribution is 0.175. The molecule has 0 aromatic heterocycles. The van der Waals surface area contributed by atoms with Gasteiger partial charge in [-0.2, -0.15) is 0 Å². The van der Waals surface area contributed by atoms with E-state index in [1.54, 1.807) is 0 Å². The van der Waals surface area contributed by atoms with Gasteiger partial charge in [-0.15, -0.1) is 0 Å². The van der Waals surface area contributed by atoms with Gasteiger partial charge in [0, 0.05) is 15.5 Å². The molecule has 1 aromatic carbocycles. The lowest BCUT2D eigenvalue weighted by Gasteiger charge is -2.33. The van der Waals surface area contributed by atoms with Crippen molar-refractivity contribution >= 4 is 27.5 Å². The quantitative estimate of drug-likeness (QED) is 0.635. The number of nitrogens with two attached hydrogens (primary N) is 1. The van der Waals surface area contributed by atoms with Crippen molar-refractivity contribution in [1.82, 2.24) is 4.90 Å². The molecule has 0 atom stereocenters. The van der Waals surface area contributed by atoms with Crippen molar-refractivity contribution in [2.24, 2.45) is 17.6 Å². The van der Waals surface area contributed by atoms with Crippen molar-refractivity contribution in [3.8, 4) is 0 Å². The second kappa shape index (κ2) is 9.73. The Labute approximate surface area is 166 Å². The number of nitrogens with zero attached hydrogens (tertiary/aromatic N) is 1. The van der Waals surface area contributed by atoms with Gasteiger partial charge in [0.15, 0.2) is 0 Å². The average molecular weight is 428 g/mol. The summed E-state index contributed by atoms with van der Waals surface area (Å²) in [6.07, 6.45) is 11.8. The fourth-order valence-corrected chi connectivity index (χ4v) is 5.11. The van der Waals surface area contributed by atoms with Crippen molar-refractivity contribution in [1.29, 1.82) is 0 Å². The third-order valence-electron chi connectivity index (χ3n) is 6.20. The molecule has 0 unspecified atom stereocenters. The first-order valence-electron chi connectivity index (χ1n) is 10.0. The Morgan fingerprint density at radius 1 is 1.04 bits per heavy atom. The molecule has 25 heavy (non-hydrogen) atoms. The second-order valence-corrected chi connectivity index (χ2v) is 9.44. The van der Waals surface area contributed by atoms with Gasteiger partial charge in [-0.3, -0.25) is 0 Å². The highest BCUT2D eigenvalue weighted by atomic mass is 79.9. The van der Waals surface area contributed by atoms with E-state index in [0.717, 1.165) is 23.3 Å². The lowest BCUT2D eigenvalue weighted by Crippen LogP contribution is -2.35. The highest BCUT2D eigenvalue weighted by Gasteiger charge is 2.21. The summed E-state index contributed by atoms with van der Waals surface area (Å²) >= 11 is 9.82. The Hall–Kier alpha value is -0.0900. The van der Waals surface area contributed by atoms with E-state index in [0.29, 0.717) is 6.04 Å². The van der Waals surface area contributed by atoms with Gasteiger partial charge >= 0.3 is 0 Å². The molecular formula is C21H32BrClN2. The van der Waals surface area contributed by atoms with Crippen LogP contribution in [0.1, 0.15) is 56.9 Å². The van der Waals surface area contributed by atoms with Crippen molar-refractivity contribution < 1.29 is 0 Å². The maximum absolute atomic E-state index is 6.15.